The first kappa shape index (κ1) is 9.76. The summed E-state index contributed by atoms with van der Waals surface area (Å²) in [4.78, 5) is 12.1. The van der Waals surface area contributed by atoms with Gasteiger partial charge in [-0.1, -0.05) is 24.6 Å². The Morgan fingerprint density at radius 1 is 1.12 bits per heavy atom. The third-order valence-electron chi connectivity index (χ3n) is 3.71. The van der Waals surface area contributed by atoms with E-state index in [1.807, 2.05) is 0 Å². The highest BCUT2D eigenvalue weighted by Crippen LogP contribution is 2.43. The molecule has 0 aliphatic heterocycles. The van der Waals surface area contributed by atoms with Gasteiger partial charge in [0.15, 0.2) is 5.78 Å². The number of carbonyl (C=O) groups excluding carboxylic acids is 1. The summed E-state index contributed by atoms with van der Waals surface area (Å²) in [6.45, 7) is 0. The highest BCUT2D eigenvalue weighted by molar-refractivity contribution is 6.24. The molecule has 0 aromatic heterocycles. The fraction of sp³-hybridized carbons (Fsp3) is 0.357. The first-order chi connectivity index (χ1) is 7.75. The largest absolute Gasteiger partial charge is 0.294 e. The fourth-order valence-electron chi connectivity index (χ4n) is 2.88. The van der Waals surface area contributed by atoms with Crippen LogP contribution in [0.25, 0.3) is 5.57 Å². The van der Waals surface area contributed by atoms with E-state index in [1.54, 1.807) is 12.1 Å². The molecule has 2 unspecified atom stereocenters. The van der Waals surface area contributed by atoms with Gasteiger partial charge in [-0.2, -0.15) is 0 Å². The first-order valence-electron chi connectivity index (χ1n) is 5.77. The van der Waals surface area contributed by atoms with Crippen LogP contribution in [0.2, 0.25) is 0 Å². The van der Waals surface area contributed by atoms with Gasteiger partial charge in [0, 0.05) is 11.5 Å². The summed E-state index contributed by atoms with van der Waals surface area (Å²) in [6.07, 6.45) is 5.40. The molecule has 0 N–H and O–H groups in total. The average Bonchev–Trinajstić information content (AvgIpc) is 2.84. The van der Waals surface area contributed by atoms with E-state index in [2.05, 4.69) is 6.08 Å². The Morgan fingerprint density at radius 2 is 1.88 bits per heavy atom. The molecule has 16 heavy (non-hydrogen) atoms. The van der Waals surface area contributed by atoms with Crippen LogP contribution in [0.1, 0.15) is 24.8 Å². The summed E-state index contributed by atoms with van der Waals surface area (Å²) in [5.41, 5.74) is 1.66. The lowest BCUT2D eigenvalue weighted by atomic mass is 9.96. The number of fused-ring (bicyclic) bond motifs is 1. The maximum atomic E-state index is 12.8. The minimum absolute atomic E-state index is 0.208. The maximum absolute atomic E-state index is 12.8. The Hall–Kier alpha value is -1.44. The smallest absolute Gasteiger partial charge is 0.166 e. The molecule has 2 aliphatic carbocycles. The molecule has 0 spiro atoms. The van der Waals surface area contributed by atoms with Crippen LogP contribution in [-0.2, 0) is 4.79 Å². The minimum atomic E-state index is -0.255. The van der Waals surface area contributed by atoms with Crippen molar-refractivity contribution in [2.24, 2.45) is 11.8 Å². The number of allylic oxidation sites excluding steroid dienone is 2. The monoisotopic (exact) mass is 216 g/mol. The molecule has 0 radical (unpaired) electrons. The SMILES string of the molecule is O=C1C(c2ccc(F)cc2)=CC2CCCC12. The standard InChI is InChI=1S/C14H13FO/c15-11-6-4-9(5-7-11)13-8-10-2-1-3-12(10)14(13)16/h4-8,10,12H,1-3H2. The molecule has 1 fully saturated rings. The van der Waals surface area contributed by atoms with E-state index >= 15 is 0 Å². The van der Waals surface area contributed by atoms with Crippen molar-refractivity contribution in [3.63, 3.8) is 0 Å². The van der Waals surface area contributed by atoms with Crippen LogP contribution in [0.5, 0.6) is 0 Å². The van der Waals surface area contributed by atoms with Gasteiger partial charge >= 0.3 is 0 Å². The second kappa shape index (κ2) is 3.55. The van der Waals surface area contributed by atoms with Gasteiger partial charge in [-0.25, -0.2) is 4.39 Å². The molecule has 0 saturated heterocycles. The van der Waals surface area contributed by atoms with Gasteiger partial charge in [0.1, 0.15) is 5.82 Å². The van der Waals surface area contributed by atoms with Crippen LogP contribution < -0.4 is 0 Å². The van der Waals surface area contributed by atoms with Crippen LogP contribution in [0.3, 0.4) is 0 Å². The summed E-state index contributed by atoms with van der Waals surface area (Å²) in [5, 5.41) is 0. The Balaban J connectivity index is 1.96. The zero-order chi connectivity index (χ0) is 11.1. The molecule has 0 heterocycles. The molecule has 0 bridgehead atoms. The average molecular weight is 216 g/mol. The van der Waals surface area contributed by atoms with E-state index in [1.165, 1.54) is 12.1 Å². The topological polar surface area (TPSA) is 17.1 Å². The quantitative estimate of drug-likeness (QED) is 0.704. The Bertz CT molecular complexity index is 458. The first-order valence-corrected chi connectivity index (χ1v) is 5.77. The minimum Gasteiger partial charge on any atom is -0.294 e. The van der Waals surface area contributed by atoms with Crippen molar-refractivity contribution < 1.29 is 9.18 Å². The maximum Gasteiger partial charge on any atom is 0.166 e. The molecule has 82 valence electrons. The van der Waals surface area contributed by atoms with Crippen LogP contribution in [0.4, 0.5) is 4.39 Å². The molecule has 1 saturated carbocycles. The van der Waals surface area contributed by atoms with Crippen molar-refractivity contribution in [1.29, 1.82) is 0 Å². The zero-order valence-corrected chi connectivity index (χ0v) is 8.95. The molecule has 1 aromatic rings. The summed E-state index contributed by atoms with van der Waals surface area (Å²) in [5.74, 6) is 0.650. The molecule has 0 amide bonds. The number of Topliss-reactive ketones (excluding diaryl/α,β-unsaturated/α-hetero) is 1. The van der Waals surface area contributed by atoms with Gasteiger partial charge in [0.2, 0.25) is 0 Å². The Morgan fingerprint density at radius 3 is 2.56 bits per heavy atom. The van der Waals surface area contributed by atoms with Gasteiger partial charge in [-0.15, -0.1) is 0 Å². The van der Waals surface area contributed by atoms with Crippen LogP contribution in [0.15, 0.2) is 30.3 Å². The molecular weight excluding hydrogens is 203 g/mol. The van der Waals surface area contributed by atoms with Gasteiger partial charge in [-0.3, -0.25) is 4.79 Å². The van der Waals surface area contributed by atoms with E-state index in [0.29, 0.717) is 5.92 Å². The summed E-state index contributed by atoms with van der Waals surface area (Å²) >= 11 is 0. The van der Waals surface area contributed by atoms with Gasteiger partial charge in [0.25, 0.3) is 0 Å². The number of rotatable bonds is 1. The third kappa shape index (κ3) is 1.41. The second-order valence-corrected chi connectivity index (χ2v) is 4.65. The number of benzene rings is 1. The zero-order valence-electron chi connectivity index (χ0n) is 8.95. The number of hydrogen-bond donors (Lipinski definition) is 0. The highest BCUT2D eigenvalue weighted by atomic mass is 19.1. The number of hydrogen-bond acceptors (Lipinski definition) is 1. The van der Waals surface area contributed by atoms with Gasteiger partial charge in [0.05, 0.1) is 0 Å². The van der Waals surface area contributed by atoms with Crippen molar-refractivity contribution in [2.45, 2.75) is 19.3 Å². The van der Waals surface area contributed by atoms with E-state index in [-0.39, 0.29) is 17.5 Å². The third-order valence-corrected chi connectivity index (χ3v) is 3.71. The van der Waals surface area contributed by atoms with Gasteiger partial charge < -0.3 is 0 Å². The lowest BCUT2D eigenvalue weighted by Gasteiger charge is -2.06. The predicted octanol–water partition coefficient (Wildman–Crippen LogP) is 3.21. The van der Waals surface area contributed by atoms with Gasteiger partial charge in [-0.05, 0) is 36.5 Å². The Kier molecular flexibility index (Phi) is 2.16. The lowest BCUT2D eigenvalue weighted by molar-refractivity contribution is -0.117. The van der Waals surface area contributed by atoms with E-state index in [0.717, 1.165) is 30.4 Å². The molecule has 2 atom stereocenters. The molecular formula is C14H13FO. The van der Waals surface area contributed by atoms with Crippen molar-refractivity contribution >= 4 is 11.4 Å². The molecule has 2 heteroatoms. The summed E-state index contributed by atoms with van der Waals surface area (Å²) < 4.78 is 12.8. The molecule has 2 aliphatic rings. The van der Waals surface area contributed by atoms with Crippen LogP contribution in [-0.4, -0.2) is 5.78 Å². The van der Waals surface area contributed by atoms with Crippen LogP contribution >= 0.6 is 0 Å². The Labute approximate surface area is 94.0 Å². The predicted molar refractivity (Wildman–Crippen MR) is 60.2 cm³/mol. The number of carbonyl (C=O) groups is 1. The molecule has 1 aromatic carbocycles. The van der Waals surface area contributed by atoms with Crippen molar-refractivity contribution in [3.8, 4) is 0 Å². The normalized spacial score (nSPS) is 28.1. The summed E-state index contributed by atoms with van der Waals surface area (Å²) in [7, 11) is 0. The lowest BCUT2D eigenvalue weighted by Crippen LogP contribution is -2.10. The summed E-state index contributed by atoms with van der Waals surface area (Å²) in [6, 6.07) is 6.22. The molecule has 3 rings (SSSR count). The number of halogens is 1. The highest BCUT2D eigenvalue weighted by Gasteiger charge is 2.38. The fourth-order valence-corrected chi connectivity index (χ4v) is 2.88. The van der Waals surface area contributed by atoms with Crippen molar-refractivity contribution in [2.75, 3.05) is 0 Å². The van der Waals surface area contributed by atoms with E-state index < -0.39 is 0 Å². The number of ketones is 1. The second-order valence-electron chi connectivity index (χ2n) is 4.65. The van der Waals surface area contributed by atoms with E-state index in [9.17, 15) is 9.18 Å². The van der Waals surface area contributed by atoms with Crippen molar-refractivity contribution in [1.82, 2.24) is 0 Å². The van der Waals surface area contributed by atoms with Crippen LogP contribution in [0, 0.1) is 17.7 Å². The van der Waals surface area contributed by atoms with Crippen molar-refractivity contribution in [3.05, 3.63) is 41.7 Å². The van der Waals surface area contributed by atoms with E-state index in [4.69, 9.17) is 0 Å². The molecule has 1 nitrogen and oxygen atoms in total.